The topological polar surface area (TPSA) is 57.4 Å². The van der Waals surface area contributed by atoms with E-state index in [-0.39, 0.29) is 0 Å². The Morgan fingerprint density at radius 1 is 0.478 bits per heavy atom. The van der Waals surface area contributed by atoms with Crippen LogP contribution < -0.4 is 0 Å². The molecule has 0 bridgehead atoms. The first-order chi connectivity index (χ1) is 22.4. The van der Waals surface area contributed by atoms with Gasteiger partial charge in [0.1, 0.15) is 0 Å². The molecule has 2 heterocycles. The summed E-state index contributed by atoms with van der Waals surface area (Å²) < 4.78 is 4.80. The van der Waals surface area contributed by atoms with Crippen molar-refractivity contribution in [2.75, 3.05) is 0 Å². The van der Waals surface area contributed by atoms with Crippen LogP contribution >= 0.6 is 0 Å². The van der Waals surface area contributed by atoms with Crippen molar-refractivity contribution in [1.82, 2.24) is 9.13 Å². The Bertz CT molecular complexity index is 2580. The van der Waals surface area contributed by atoms with Crippen molar-refractivity contribution >= 4 is 43.6 Å². The molecule has 0 radical (unpaired) electrons. The number of aryl methyl sites for hydroxylation is 4. The second-order valence-corrected chi connectivity index (χ2v) is 12.2. The minimum atomic E-state index is 0.483. The van der Waals surface area contributed by atoms with E-state index < -0.39 is 0 Å². The standard InChI is InChI=1S/C42H30N4/c1-25-12-9-13-26(2)39(25)45-35-20-7-5-18-31(35)33-22-34(37-29(23-43)16-11-17-30(37)24-44)42-38(41(33)45)32-19-6-8-21-36(32)46(42)40-27(3)14-10-15-28(40)4/h5-22H,1-4H3. The average molecular weight is 591 g/mol. The molecule has 6 aromatic carbocycles. The van der Waals surface area contributed by atoms with Gasteiger partial charge in [0, 0.05) is 32.7 Å². The van der Waals surface area contributed by atoms with Crippen molar-refractivity contribution in [3.8, 4) is 34.6 Å². The monoisotopic (exact) mass is 590 g/mol. The van der Waals surface area contributed by atoms with E-state index in [1.807, 2.05) is 12.1 Å². The highest BCUT2D eigenvalue weighted by Crippen LogP contribution is 2.48. The molecule has 0 fully saturated rings. The van der Waals surface area contributed by atoms with E-state index in [4.69, 9.17) is 0 Å². The summed E-state index contributed by atoms with van der Waals surface area (Å²) in [5, 5.41) is 25.3. The molecule has 8 rings (SSSR count). The van der Waals surface area contributed by atoms with Crippen LogP contribution in [0.3, 0.4) is 0 Å². The lowest BCUT2D eigenvalue weighted by Crippen LogP contribution is -2.03. The molecule has 0 aliphatic rings. The lowest BCUT2D eigenvalue weighted by molar-refractivity contribution is 1.12. The van der Waals surface area contributed by atoms with Crippen molar-refractivity contribution < 1.29 is 0 Å². The highest BCUT2D eigenvalue weighted by atomic mass is 15.0. The number of fused-ring (bicyclic) bond motifs is 7. The third-order valence-corrected chi connectivity index (χ3v) is 9.47. The van der Waals surface area contributed by atoms with Gasteiger partial charge in [-0.1, -0.05) is 78.9 Å². The second kappa shape index (κ2) is 10.2. The molecule has 4 heteroatoms. The van der Waals surface area contributed by atoms with Crippen LogP contribution in [0, 0.1) is 50.4 Å². The zero-order valence-electron chi connectivity index (χ0n) is 26.2. The van der Waals surface area contributed by atoms with E-state index in [1.165, 1.54) is 16.8 Å². The zero-order valence-corrected chi connectivity index (χ0v) is 26.2. The third kappa shape index (κ3) is 3.71. The smallest absolute Gasteiger partial charge is 0.0998 e. The molecule has 0 unspecified atom stereocenters. The van der Waals surface area contributed by atoms with Gasteiger partial charge < -0.3 is 9.13 Å². The molecule has 2 aromatic heterocycles. The van der Waals surface area contributed by atoms with Crippen LogP contribution in [-0.4, -0.2) is 9.13 Å². The number of para-hydroxylation sites is 4. The van der Waals surface area contributed by atoms with Crippen LogP contribution in [0.5, 0.6) is 0 Å². The Morgan fingerprint density at radius 2 is 0.935 bits per heavy atom. The molecular weight excluding hydrogens is 560 g/mol. The fourth-order valence-corrected chi connectivity index (χ4v) is 7.61. The molecule has 0 amide bonds. The van der Waals surface area contributed by atoms with E-state index >= 15 is 0 Å². The van der Waals surface area contributed by atoms with Crippen molar-refractivity contribution in [3.63, 3.8) is 0 Å². The van der Waals surface area contributed by atoms with Crippen LogP contribution in [0.1, 0.15) is 33.4 Å². The predicted octanol–water partition coefficient (Wildman–Crippen LogP) is 10.5. The number of benzene rings is 6. The SMILES string of the molecule is Cc1cccc(C)c1-n1c2ccccc2c2c1c(-c1c(C#N)cccc1C#N)cc1c3ccccc3n(-c3c(C)cccc3C)c12. The van der Waals surface area contributed by atoms with Gasteiger partial charge in [-0.05, 0) is 80.3 Å². The number of nitrogens with zero attached hydrogens (tertiary/aromatic N) is 4. The molecule has 0 aliphatic carbocycles. The quantitative estimate of drug-likeness (QED) is 0.206. The van der Waals surface area contributed by atoms with E-state index in [0.717, 1.165) is 66.0 Å². The van der Waals surface area contributed by atoms with E-state index in [9.17, 15) is 10.5 Å². The summed E-state index contributed by atoms with van der Waals surface area (Å²) in [6.07, 6.45) is 0. The van der Waals surface area contributed by atoms with Crippen LogP contribution in [0.25, 0.3) is 66.1 Å². The Balaban J connectivity index is 1.76. The van der Waals surface area contributed by atoms with Gasteiger partial charge >= 0.3 is 0 Å². The van der Waals surface area contributed by atoms with E-state index in [1.54, 1.807) is 6.07 Å². The molecule has 8 aromatic rings. The number of hydrogen-bond donors (Lipinski definition) is 0. The van der Waals surface area contributed by atoms with Crippen molar-refractivity contribution in [1.29, 1.82) is 10.5 Å². The highest BCUT2D eigenvalue weighted by molar-refractivity contribution is 6.29. The lowest BCUT2D eigenvalue weighted by Gasteiger charge is -2.19. The maximum absolute atomic E-state index is 10.4. The van der Waals surface area contributed by atoms with Gasteiger partial charge in [0.25, 0.3) is 0 Å². The van der Waals surface area contributed by atoms with Crippen LogP contribution in [0.2, 0.25) is 0 Å². The third-order valence-electron chi connectivity index (χ3n) is 9.47. The summed E-state index contributed by atoms with van der Waals surface area (Å²) in [4.78, 5) is 0. The molecule has 0 N–H and O–H groups in total. The van der Waals surface area contributed by atoms with E-state index in [0.29, 0.717) is 16.7 Å². The highest BCUT2D eigenvalue weighted by Gasteiger charge is 2.27. The number of aromatic nitrogens is 2. The summed E-state index contributed by atoms with van der Waals surface area (Å²) >= 11 is 0. The second-order valence-electron chi connectivity index (χ2n) is 12.2. The van der Waals surface area contributed by atoms with Crippen molar-refractivity contribution in [3.05, 3.63) is 143 Å². The Morgan fingerprint density at radius 3 is 1.48 bits per heavy atom. The summed E-state index contributed by atoms with van der Waals surface area (Å²) in [6.45, 7) is 8.66. The van der Waals surface area contributed by atoms with Gasteiger partial charge in [-0.3, -0.25) is 0 Å². The fraction of sp³-hybridized carbons (Fsp3) is 0.0952. The Kier molecular flexibility index (Phi) is 6.11. The first-order valence-electron chi connectivity index (χ1n) is 15.5. The van der Waals surface area contributed by atoms with Crippen molar-refractivity contribution in [2.24, 2.45) is 0 Å². The van der Waals surface area contributed by atoms with Gasteiger partial charge in [0.2, 0.25) is 0 Å². The summed E-state index contributed by atoms with van der Waals surface area (Å²) in [5.41, 5.74) is 13.8. The normalized spacial score (nSPS) is 11.4. The molecule has 0 saturated heterocycles. The fourth-order valence-electron chi connectivity index (χ4n) is 7.61. The van der Waals surface area contributed by atoms with Gasteiger partial charge in [-0.15, -0.1) is 0 Å². The maximum atomic E-state index is 10.4. The molecular formula is C42H30N4. The predicted molar refractivity (Wildman–Crippen MR) is 189 cm³/mol. The summed E-state index contributed by atoms with van der Waals surface area (Å²) in [5.74, 6) is 0. The van der Waals surface area contributed by atoms with Crippen LogP contribution in [-0.2, 0) is 0 Å². The molecule has 0 spiro atoms. The minimum Gasteiger partial charge on any atom is -0.308 e. The maximum Gasteiger partial charge on any atom is 0.0998 e. The van der Waals surface area contributed by atoms with Gasteiger partial charge in [0.05, 0.1) is 56.7 Å². The van der Waals surface area contributed by atoms with Gasteiger partial charge in [-0.25, -0.2) is 0 Å². The molecule has 0 atom stereocenters. The van der Waals surface area contributed by atoms with E-state index in [2.05, 4.69) is 140 Å². The number of hydrogen-bond acceptors (Lipinski definition) is 2. The first kappa shape index (κ1) is 27.4. The molecule has 0 aliphatic heterocycles. The number of nitriles is 2. The molecule has 0 saturated carbocycles. The van der Waals surface area contributed by atoms with Crippen LogP contribution in [0.4, 0.5) is 0 Å². The van der Waals surface area contributed by atoms with Crippen molar-refractivity contribution in [2.45, 2.75) is 27.7 Å². The Labute approximate surface area is 267 Å². The zero-order chi connectivity index (χ0) is 31.7. The molecule has 218 valence electrons. The minimum absolute atomic E-state index is 0.483. The Hall–Kier alpha value is -6.10. The largest absolute Gasteiger partial charge is 0.308 e. The molecule has 46 heavy (non-hydrogen) atoms. The van der Waals surface area contributed by atoms with Gasteiger partial charge in [-0.2, -0.15) is 10.5 Å². The first-order valence-corrected chi connectivity index (χ1v) is 15.5. The molecule has 4 nitrogen and oxygen atoms in total. The summed E-state index contributed by atoms with van der Waals surface area (Å²) in [7, 11) is 0. The average Bonchev–Trinajstić information content (AvgIpc) is 3.57. The lowest BCUT2D eigenvalue weighted by atomic mass is 9.91. The number of rotatable bonds is 3. The van der Waals surface area contributed by atoms with Gasteiger partial charge in [0.15, 0.2) is 0 Å². The van der Waals surface area contributed by atoms with Crippen LogP contribution in [0.15, 0.2) is 109 Å². The summed E-state index contributed by atoms with van der Waals surface area (Å²) in [6, 6.07) is 42.5.